The molecule has 6 nitrogen and oxygen atoms in total. The predicted molar refractivity (Wildman–Crippen MR) is 65.6 cm³/mol. The number of carbonyl (C=O) groups excluding carboxylic acids is 2. The van der Waals surface area contributed by atoms with Crippen LogP contribution < -0.4 is 5.32 Å². The number of rotatable bonds is 4. The van der Waals surface area contributed by atoms with Gasteiger partial charge in [-0.05, 0) is 18.9 Å². The van der Waals surface area contributed by atoms with Gasteiger partial charge in [0.2, 0.25) is 0 Å². The Bertz CT molecular complexity index is 476. The average Bonchev–Trinajstić information content (AvgIpc) is 2.84. The fourth-order valence-electron chi connectivity index (χ4n) is 2.48. The number of nitrogens with zero attached hydrogens (tertiary/aromatic N) is 3. The molecule has 1 aliphatic heterocycles. The highest BCUT2D eigenvalue weighted by Crippen LogP contribution is 2.30. The van der Waals surface area contributed by atoms with Gasteiger partial charge in [-0.1, -0.05) is 13.8 Å². The number of carbonyl (C=O) groups is 2. The van der Waals surface area contributed by atoms with E-state index in [0.29, 0.717) is 19.4 Å². The van der Waals surface area contributed by atoms with Crippen LogP contribution in [-0.4, -0.2) is 32.2 Å². The van der Waals surface area contributed by atoms with Gasteiger partial charge in [-0.25, -0.2) is 4.79 Å². The fourth-order valence-corrected chi connectivity index (χ4v) is 2.48. The zero-order valence-corrected chi connectivity index (χ0v) is 10.9. The molecule has 18 heavy (non-hydrogen) atoms. The van der Waals surface area contributed by atoms with E-state index in [-0.39, 0.29) is 11.9 Å². The van der Waals surface area contributed by atoms with Crippen LogP contribution >= 0.6 is 0 Å². The molecule has 0 aliphatic carbocycles. The van der Waals surface area contributed by atoms with Gasteiger partial charge in [-0.15, -0.1) is 0 Å². The number of aryl methyl sites for hydroxylation is 1. The molecule has 1 aliphatic rings. The van der Waals surface area contributed by atoms with E-state index >= 15 is 0 Å². The van der Waals surface area contributed by atoms with Gasteiger partial charge in [0.1, 0.15) is 5.54 Å². The molecule has 0 aromatic carbocycles. The maximum Gasteiger partial charge on any atom is 0.325 e. The van der Waals surface area contributed by atoms with Gasteiger partial charge in [0.25, 0.3) is 5.91 Å². The van der Waals surface area contributed by atoms with Crippen molar-refractivity contribution in [3.8, 4) is 0 Å². The molecule has 1 saturated heterocycles. The topological polar surface area (TPSA) is 67.2 Å². The first-order valence-corrected chi connectivity index (χ1v) is 6.15. The van der Waals surface area contributed by atoms with Crippen molar-refractivity contribution in [1.82, 2.24) is 20.0 Å². The molecular formula is C12H18N4O2. The lowest BCUT2D eigenvalue weighted by Gasteiger charge is -2.32. The molecule has 1 aromatic rings. The summed E-state index contributed by atoms with van der Waals surface area (Å²) in [6.45, 7) is 4.21. The Morgan fingerprint density at radius 1 is 1.33 bits per heavy atom. The van der Waals surface area contributed by atoms with Gasteiger partial charge in [0, 0.05) is 13.2 Å². The van der Waals surface area contributed by atoms with Crippen molar-refractivity contribution >= 4 is 11.9 Å². The number of hydrogen-bond acceptors (Lipinski definition) is 3. The molecule has 0 radical (unpaired) electrons. The normalized spacial score (nSPS) is 18.3. The summed E-state index contributed by atoms with van der Waals surface area (Å²) < 4.78 is 1.69. The molecule has 0 unspecified atom stereocenters. The van der Waals surface area contributed by atoms with E-state index in [1.165, 1.54) is 0 Å². The molecule has 2 heterocycles. The van der Waals surface area contributed by atoms with Crippen LogP contribution in [0.3, 0.4) is 0 Å². The zero-order chi connectivity index (χ0) is 13.3. The summed E-state index contributed by atoms with van der Waals surface area (Å²) in [7, 11) is 1.82. The van der Waals surface area contributed by atoms with E-state index in [9.17, 15) is 9.59 Å². The standard InChI is InChI=1S/C12H18N4O2/c1-4-12(5-2)10(17)13-11(18)16(12)8-9-6-7-15(3)14-9/h6-7H,4-5,8H2,1-3H3,(H,13,17,18). The second-order valence-corrected chi connectivity index (χ2v) is 4.56. The highest BCUT2D eigenvalue weighted by Gasteiger charge is 2.50. The van der Waals surface area contributed by atoms with Crippen LogP contribution in [0.2, 0.25) is 0 Å². The fraction of sp³-hybridized carbons (Fsp3) is 0.583. The summed E-state index contributed by atoms with van der Waals surface area (Å²) in [4.78, 5) is 25.5. The second kappa shape index (κ2) is 4.44. The summed E-state index contributed by atoms with van der Waals surface area (Å²) in [5, 5.41) is 6.65. The van der Waals surface area contributed by atoms with Gasteiger partial charge in [-0.2, -0.15) is 5.10 Å². The molecule has 1 N–H and O–H groups in total. The summed E-state index contributed by atoms with van der Waals surface area (Å²) in [5.74, 6) is -0.201. The Kier molecular flexibility index (Phi) is 3.11. The van der Waals surface area contributed by atoms with Crippen LogP contribution in [0.5, 0.6) is 0 Å². The van der Waals surface area contributed by atoms with Crippen LogP contribution in [0, 0.1) is 0 Å². The highest BCUT2D eigenvalue weighted by molar-refractivity contribution is 6.06. The monoisotopic (exact) mass is 250 g/mol. The molecule has 1 fully saturated rings. The zero-order valence-electron chi connectivity index (χ0n) is 10.9. The number of urea groups is 1. The largest absolute Gasteiger partial charge is 0.325 e. The predicted octanol–water partition coefficient (Wildman–Crippen LogP) is 1.03. The number of imide groups is 1. The molecule has 1 aromatic heterocycles. The summed E-state index contributed by atoms with van der Waals surface area (Å²) >= 11 is 0. The van der Waals surface area contributed by atoms with Gasteiger partial charge in [-0.3, -0.25) is 14.8 Å². The SMILES string of the molecule is CCC1(CC)C(=O)NC(=O)N1Cc1ccn(C)n1. The molecule has 98 valence electrons. The minimum absolute atomic E-state index is 0.201. The average molecular weight is 250 g/mol. The third-order valence-corrected chi connectivity index (χ3v) is 3.66. The Balaban J connectivity index is 2.29. The molecular weight excluding hydrogens is 232 g/mol. The van der Waals surface area contributed by atoms with Crippen molar-refractivity contribution in [3.63, 3.8) is 0 Å². The molecule has 6 heteroatoms. The van der Waals surface area contributed by atoms with Crippen LogP contribution in [0.4, 0.5) is 4.79 Å². The summed E-state index contributed by atoms with van der Waals surface area (Å²) in [6.07, 6.45) is 3.03. The Hall–Kier alpha value is -1.85. The maximum absolute atomic E-state index is 12.0. The Labute approximate surface area is 106 Å². The van der Waals surface area contributed by atoms with Crippen molar-refractivity contribution in [2.75, 3.05) is 0 Å². The lowest BCUT2D eigenvalue weighted by atomic mass is 9.91. The summed E-state index contributed by atoms with van der Waals surface area (Å²) in [5.41, 5.74) is 0.0582. The van der Waals surface area contributed by atoms with Gasteiger partial charge >= 0.3 is 6.03 Å². The van der Waals surface area contributed by atoms with E-state index in [0.717, 1.165) is 5.69 Å². The molecule has 2 rings (SSSR count). The van der Waals surface area contributed by atoms with Gasteiger partial charge in [0.15, 0.2) is 0 Å². The molecule has 0 spiro atoms. The van der Waals surface area contributed by atoms with Crippen LogP contribution in [0.1, 0.15) is 32.4 Å². The third kappa shape index (κ3) is 1.77. The number of nitrogens with one attached hydrogen (secondary N) is 1. The Morgan fingerprint density at radius 2 is 2.00 bits per heavy atom. The first-order valence-electron chi connectivity index (χ1n) is 6.15. The molecule has 3 amide bonds. The first-order chi connectivity index (χ1) is 8.53. The lowest BCUT2D eigenvalue weighted by Crippen LogP contribution is -2.48. The first kappa shape index (κ1) is 12.6. The minimum atomic E-state index is -0.728. The number of hydrogen-bond donors (Lipinski definition) is 1. The molecule has 0 saturated carbocycles. The van der Waals surface area contributed by atoms with E-state index in [1.54, 1.807) is 9.58 Å². The highest BCUT2D eigenvalue weighted by atomic mass is 16.2. The second-order valence-electron chi connectivity index (χ2n) is 4.56. The van der Waals surface area contributed by atoms with Gasteiger partial charge in [0.05, 0.1) is 12.2 Å². The van der Waals surface area contributed by atoms with E-state index in [2.05, 4.69) is 10.4 Å². The van der Waals surface area contributed by atoms with Crippen molar-refractivity contribution in [2.24, 2.45) is 7.05 Å². The molecule has 0 bridgehead atoms. The van der Waals surface area contributed by atoms with Crippen molar-refractivity contribution < 1.29 is 9.59 Å². The van der Waals surface area contributed by atoms with Crippen molar-refractivity contribution in [1.29, 1.82) is 0 Å². The Morgan fingerprint density at radius 3 is 2.50 bits per heavy atom. The minimum Gasteiger partial charge on any atom is -0.304 e. The lowest BCUT2D eigenvalue weighted by molar-refractivity contribution is -0.127. The smallest absolute Gasteiger partial charge is 0.304 e. The van der Waals surface area contributed by atoms with Crippen LogP contribution in [-0.2, 0) is 18.4 Å². The molecule has 0 atom stereocenters. The van der Waals surface area contributed by atoms with E-state index in [4.69, 9.17) is 0 Å². The summed E-state index contributed by atoms with van der Waals surface area (Å²) in [6, 6.07) is 1.53. The third-order valence-electron chi connectivity index (χ3n) is 3.66. The van der Waals surface area contributed by atoms with Crippen LogP contribution in [0.15, 0.2) is 12.3 Å². The van der Waals surface area contributed by atoms with Crippen molar-refractivity contribution in [2.45, 2.75) is 38.8 Å². The van der Waals surface area contributed by atoms with Gasteiger partial charge < -0.3 is 4.90 Å². The quantitative estimate of drug-likeness (QED) is 0.812. The van der Waals surface area contributed by atoms with E-state index in [1.807, 2.05) is 33.2 Å². The number of aromatic nitrogens is 2. The van der Waals surface area contributed by atoms with E-state index < -0.39 is 5.54 Å². The van der Waals surface area contributed by atoms with Crippen LogP contribution in [0.25, 0.3) is 0 Å². The number of amides is 3. The maximum atomic E-state index is 12.0. The van der Waals surface area contributed by atoms with Crippen molar-refractivity contribution in [3.05, 3.63) is 18.0 Å².